The van der Waals surface area contributed by atoms with Gasteiger partial charge in [-0.25, -0.2) is 0 Å². The van der Waals surface area contributed by atoms with Gasteiger partial charge in [-0.15, -0.1) is 0 Å². The maximum atomic E-state index is 12.3. The third kappa shape index (κ3) is 4.92. The number of carbonyl (C=O) groups is 1. The number of thioether (sulfide) groups is 1. The second-order valence-corrected chi connectivity index (χ2v) is 6.62. The number of hydrogen-bond acceptors (Lipinski definition) is 3. The summed E-state index contributed by atoms with van der Waals surface area (Å²) in [5.41, 5.74) is 0. The van der Waals surface area contributed by atoms with Crippen LogP contribution in [0.3, 0.4) is 0 Å². The van der Waals surface area contributed by atoms with E-state index in [-0.39, 0.29) is 5.91 Å². The van der Waals surface area contributed by atoms with Gasteiger partial charge in [0.2, 0.25) is 5.91 Å². The maximum absolute atomic E-state index is 12.3. The summed E-state index contributed by atoms with van der Waals surface area (Å²) in [7, 11) is 0. The number of rotatable bonds is 5. The van der Waals surface area contributed by atoms with E-state index in [9.17, 15) is 10.0 Å². The van der Waals surface area contributed by atoms with E-state index in [1.165, 1.54) is 37.2 Å². The number of nitrogens with zero attached hydrogens (tertiary/aromatic N) is 2. The second-order valence-electron chi connectivity index (χ2n) is 5.62. The molecule has 0 aliphatic carbocycles. The monoisotopic (exact) mass is 308 g/mol. The molecule has 2 rings (SSSR count). The maximum Gasteiger partial charge on any atom is 0.251 e. The minimum Gasteiger partial charge on any atom is -0.618 e. The molecule has 1 aliphatic rings. The van der Waals surface area contributed by atoms with Crippen molar-refractivity contribution in [3.8, 4) is 0 Å². The smallest absolute Gasteiger partial charge is 0.251 e. The van der Waals surface area contributed by atoms with E-state index in [1.54, 1.807) is 12.1 Å². The Morgan fingerprint density at radius 1 is 1.43 bits per heavy atom. The predicted octanol–water partition coefficient (Wildman–Crippen LogP) is 2.84. The highest BCUT2D eigenvalue weighted by Gasteiger charge is 2.21. The van der Waals surface area contributed by atoms with Crippen LogP contribution in [0.25, 0.3) is 0 Å². The van der Waals surface area contributed by atoms with Crippen LogP contribution in [0.1, 0.15) is 39.0 Å². The minimum atomic E-state index is 0.154. The summed E-state index contributed by atoms with van der Waals surface area (Å²) in [4.78, 5) is 14.3. The van der Waals surface area contributed by atoms with Gasteiger partial charge in [0, 0.05) is 25.2 Å². The largest absolute Gasteiger partial charge is 0.618 e. The highest BCUT2D eigenvalue weighted by atomic mass is 32.2. The molecule has 1 amide bonds. The zero-order valence-corrected chi connectivity index (χ0v) is 13.5. The van der Waals surface area contributed by atoms with Crippen molar-refractivity contribution >= 4 is 17.7 Å². The molecule has 0 N–H and O–H groups in total. The Kier molecular flexibility index (Phi) is 6.36. The first-order valence-electron chi connectivity index (χ1n) is 7.79. The van der Waals surface area contributed by atoms with Gasteiger partial charge in [-0.1, -0.05) is 19.8 Å². The van der Waals surface area contributed by atoms with E-state index in [2.05, 4.69) is 6.92 Å². The minimum absolute atomic E-state index is 0.154. The molecule has 1 aromatic heterocycles. The molecule has 1 aliphatic heterocycles. The van der Waals surface area contributed by atoms with E-state index < -0.39 is 0 Å². The van der Waals surface area contributed by atoms with Crippen LogP contribution in [0.5, 0.6) is 0 Å². The van der Waals surface area contributed by atoms with E-state index in [0.29, 0.717) is 10.8 Å². The van der Waals surface area contributed by atoms with Gasteiger partial charge in [-0.05, 0) is 43.0 Å². The third-order valence-electron chi connectivity index (χ3n) is 4.03. The average Bonchev–Trinajstić information content (AvgIpc) is 2.72. The van der Waals surface area contributed by atoms with Gasteiger partial charge in [-0.3, -0.25) is 4.79 Å². The molecule has 0 unspecified atom stereocenters. The Hall–Kier alpha value is -1.23. The van der Waals surface area contributed by atoms with Crippen LogP contribution in [0.2, 0.25) is 0 Å². The summed E-state index contributed by atoms with van der Waals surface area (Å²) in [6, 6.07) is 5.27. The standard InChI is InChI=1S/C16H24N2O2S/c1-2-6-14-7-5-10-17(12-9-14)15(19)13-21-16-8-3-4-11-18(16)20/h3-4,8,11,14H,2,5-7,9-10,12-13H2,1H3/t14-/m0/s1. The van der Waals surface area contributed by atoms with E-state index in [1.807, 2.05) is 11.0 Å². The summed E-state index contributed by atoms with van der Waals surface area (Å²) in [6.45, 7) is 3.96. The van der Waals surface area contributed by atoms with Crippen molar-refractivity contribution < 1.29 is 9.52 Å². The molecule has 0 aromatic carbocycles. The molecular formula is C16H24N2O2S. The lowest BCUT2D eigenvalue weighted by Crippen LogP contribution is -2.34. The van der Waals surface area contributed by atoms with Crippen LogP contribution in [0, 0.1) is 11.1 Å². The lowest BCUT2D eigenvalue weighted by atomic mass is 9.96. The Balaban J connectivity index is 1.82. The fourth-order valence-electron chi connectivity index (χ4n) is 2.86. The Bertz CT molecular complexity index is 467. The van der Waals surface area contributed by atoms with Crippen LogP contribution in [-0.2, 0) is 4.79 Å². The van der Waals surface area contributed by atoms with Crippen LogP contribution in [-0.4, -0.2) is 29.6 Å². The molecule has 116 valence electrons. The van der Waals surface area contributed by atoms with Crippen molar-refractivity contribution in [1.82, 2.24) is 4.90 Å². The summed E-state index contributed by atoms with van der Waals surface area (Å²) in [6.07, 6.45) is 7.44. The topological polar surface area (TPSA) is 47.2 Å². The van der Waals surface area contributed by atoms with Crippen molar-refractivity contribution in [1.29, 1.82) is 0 Å². The number of hydrogen-bond donors (Lipinski definition) is 0. The zero-order chi connectivity index (χ0) is 15.1. The van der Waals surface area contributed by atoms with E-state index >= 15 is 0 Å². The fourth-order valence-corrected chi connectivity index (χ4v) is 3.68. The number of pyridine rings is 1. The lowest BCUT2D eigenvalue weighted by Gasteiger charge is -2.20. The fraction of sp³-hybridized carbons (Fsp3) is 0.625. The van der Waals surface area contributed by atoms with Gasteiger partial charge in [0.15, 0.2) is 6.20 Å². The van der Waals surface area contributed by atoms with Crippen LogP contribution in [0.4, 0.5) is 0 Å². The first-order chi connectivity index (χ1) is 10.2. The Labute approximate surface area is 131 Å². The predicted molar refractivity (Wildman–Crippen MR) is 85.0 cm³/mol. The summed E-state index contributed by atoms with van der Waals surface area (Å²) >= 11 is 1.33. The number of amides is 1. The zero-order valence-electron chi connectivity index (χ0n) is 12.7. The summed E-state index contributed by atoms with van der Waals surface area (Å²) < 4.78 is 0.817. The summed E-state index contributed by atoms with van der Waals surface area (Å²) in [5, 5.41) is 12.1. The molecule has 1 saturated heterocycles. The highest BCUT2D eigenvalue weighted by molar-refractivity contribution is 7.99. The number of likely N-dealkylation sites (tertiary alicyclic amines) is 1. The number of aromatic nitrogens is 1. The van der Waals surface area contributed by atoms with Crippen molar-refractivity contribution in [3.05, 3.63) is 29.6 Å². The first-order valence-corrected chi connectivity index (χ1v) is 8.78. The Morgan fingerprint density at radius 3 is 3.05 bits per heavy atom. The molecule has 1 atom stereocenters. The molecule has 2 heterocycles. The van der Waals surface area contributed by atoms with Gasteiger partial charge >= 0.3 is 0 Å². The first kappa shape index (κ1) is 16.1. The van der Waals surface area contributed by atoms with Gasteiger partial charge in [0.1, 0.15) is 0 Å². The normalized spacial score (nSPS) is 19.3. The molecule has 0 saturated carbocycles. The summed E-state index contributed by atoms with van der Waals surface area (Å²) in [5.74, 6) is 1.28. The van der Waals surface area contributed by atoms with Gasteiger partial charge in [0.05, 0.1) is 5.75 Å². The molecule has 0 radical (unpaired) electrons. The molecular weight excluding hydrogens is 284 g/mol. The average molecular weight is 308 g/mol. The van der Waals surface area contributed by atoms with Crippen LogP contribution in [0.15, 0.2) is 29.4 Å². The van der Waals surface area contributed by atoms with Crippen LogP contribution >= 0.6 is 11.8 Å². The van der Waals surface area contributed by atoms with Gasteiger partial charge in [-0.2, -0.15) is 4.73 Å². The van der Waals surface area contributed by atoms with Crippen LogP contribution < -0.4 is 4.73 Å². The molecule has 0 bridgehead atoms. The van der Waals surface area contributed by atoms with Crippen molar-refractivity contribution in [2.24, 2.45) is 5.92 Å². The highest BCUT2D eigenvalue weighted by Crippen LogP contribution is 2.22. The molecule has 0 spiro atoms. The van der Waals surface area contributed by atoms with E-state index in [0.717, 1.165) is 36.6 Å². The molecule has 4 nitrogen and oxygen atoms in total. The lowest BCUT2D eigenvalue weighted by molar-refractivity contribution is -0.645. The SMILES string of the molecule is CCC[C@H]1CCCN(C(=O)CSc2cccc[n+]2[O-])CC1. The molecule has 5 heteroatoms. The van der Waals surface area contributed by atoms with Crippen molar-refractivity contribution in [2.75, 3.05) is 18.8 Å². The van der Waals surface area contributed by atoms with E-state index in [4.69, 9.17) is 0 Å². The van der Waals surface area contributed by atoms with Crippen molar-refractivity contribution in [2.45, 2.75) is 44.1 Å². The molecule has 1 fully saturated rings. The quantitative estimate of drug-likeness (QED) is 0.477. The number of carbonyl (C=O) groups excluding carboxylic acids is 1. The molecule has 1 aromatic rings. The van der Waals surface area contributed by atoms with Gasteiger partial charge < -0.3 is 10.1 Å². The Morgan fingerprint density at radius 2 is 2.29 bits per heavy atom. The third-order valence-corrected chi connectivity index (χ3v) is 5.03. The van der Waals surface area contributed by atoms with Crippen molar-refractivity contribution in [3.63, 3.8) is 0 Å². The molecule has 21 heavy (non-hydrogen) atoms. The second kappa shape index (κ2) is 8.27. The van der Waals surface area contributed by atoms with Gasteiger partial charge in [0.25, 0.3) is 5.03 Å².